The van der Waals surface area contributed by atoms with E-state index in [1.165, 1.54) is 0 Å². The lowest BCUT2D eigenvalue weighted by Crippen LogP contribution is -2.38. The monoisotopic (exact) mass is 199 g/mol. The minimum Gasteiger partial charge on any atom is -0.460 e. The lowest BCUT2D eigenvalue weighted by atomic mass is 10.00. The Morgan fingerprint density at radius 1 is 1.36 bits per heavy atom. The molecule has 14 heavy (non-hydrogen) atoms. The molecule has 3 nitrogen and oxygen atoms in total. The second kappa shape index (κ2) is 3.89. The van der Waals surface area contributed by atoms with Crippen LogP contribution >= 0.6 is 0 Å². The molecule has 1 saturated carbocycles. The molecule has 0 amide bonds. The van der Waals surface area contributed by atoms with Crippen molar-refractivity contribution in [3.63, 3.8) is 0 Å². The summed E-state index contributed by atoms with van der Waals surface area (Å²) in [6.07, 6.45) is 1.91. The quantitative estimate of drug-likeness (QED) is 0.654. The summed E-state index contributed by atoms with van der Waals surface area (Å²) in [6, 6.07) is -0.0233. The number of hydrogen-bond donors (Lipinski definition) is 1. The van der Waals surface area contributed by atoms with Gasteiger partial charge < -0.3 is 10.5 Å². The highest BCUT2D eigenvalue weighted by Crippen LogP contribution is 2.31. The van der Waals surface area contributed by atoms with Crippen LogP contribution in [0.5, 0.6) is 0 Å². The summed E-state index contributed by atoms with van der Waals surface area (Å²) in [5.74, 6) is 0.214. The van der Waals surface area contributed by atoms with Crippen molar-refractivity contribution in [2.45, 2.75) is 52.2 Å². The smallest absolute Gasteiger partial charge is 0.311 e. The Kier molecular flexibility index (Phi) is 3.20. The lowest BCUT2D eigenvalue weighted by Gasteiger charge is -2.24. The molecule has 0 spiro atoms. The van der Waals surface area contributed by atoms with E-state index >= 15 is 0 Å². The zero-order valence-electron chi connectivity index (χ0n) is 9.54. The fourth-order valence-corrected chi connectivity index (χ4v) is 1.88. The van der Waals surface area contributed by atoms with E-state index in [0.29, 0.717) is 5.92 Å². The van der Waals surface area contributed by atoms with Crippen molar-refractivity contribution in [3.8, 4) is 0 Å². The molecular weight excluding hydrogens is 178 g/mol. The molecule has 0 unspecified atom stereocenters. The Bertz CT molecular complexity index is 220. The van der Waals surface area contributed by atoms with Crippen molar-refractivity contribution >= 4 is 5.97 Å². The summed E-state index contributed by atoms with van der Waals surface area (Å²) in [6.45, 7) is 7.74. The number of esters is 1. The molecule has 2 N–H and O–H groups in total. The average molecular weight is 199 g/mol. The van der Waals surface area contributed by atoms with Crippen LogP contribution in [0.15, 0.2) is 0 Å². The van der Waals surface area contributed by atoms with Crippen LogP contribution in [0.25, 0.3) is 0 Å². The van der Waals surface area contributed by atoms with Gasteiger partial charge >= 0.3 is 5.97 Å². The van der Waals surface area contributed by atoms with Gasteiger partial charge in [0.05, 0.1) is 5.92 Å². The lowest BCUT2D eigenvalue weighted by molar-refractivity contribution is -0.160. The van der Waals surface area contributed by atoms with Crippen LogP contribution in [0, 0.1) is 11.8 Å². The molecular formula is C11H21NO2. The summed E-state index contributed by atoms with van der Waals surface area (Å²) in [4.78, 5) is 11.7. The fraction of sp³-hybridized carbons (Fsp3) is 0.909. The summed E-state index contributed by atoms with van der Waals surface area (Å²) in [7, 11) is 0. The molecule has 82 valence electrons. The van der Waals surface area contributed by atoms with E-state index in [1.54, 1.807) is 0 Å². The van der Waals surface area contributed by atoms with Crippen LogP contribution in [0.1, 0.15) is 40.5 Å². The van der Waals surface area contributed by atoms with Crippen LogP contribution in [-0.4, -0.2) is 17.6 Å². The zero-order valence-corrected chi connectivity index (χ0v) is 9.54. The van der Waals surface area contributed by atoms with Gasteiger partial charge in [0, 0.05) is 6.04 Å². The van der Waals surface area contributed by atoms with Crippen LogP contribution < -0.4 is 5.73 Å². The van der Waals surface area contributed by atoms with Gasteiger partial charge in [-0.2, -0.15) is 0 Å². The molecule has 1 aliphatic carbocycles. The zero-order chi connectivity index (χ0) is 10.9. The Morgan fingerprint density at radius 2 is 1.93 bits per heavy atom. The van der Waals surface area contributed by atoms with E-state index in [1.807, 2.05) is 20.8 Å². The van der Waals surface area contributed by atoms with Gasteiger partial charge in [-0.3, -0.25) is 4.79 Å². The second-order valence-electron chi connectivity index (χ2n) is 5.27. The van der Waals surface area contributed by atoms with Gasteiger partial charge in [-0.1, -0.05) is 6.92 Å². The Balaban J connectivity index is 2.54. The summed E-state index contributed by atoms with van der Waals surface area (Å²) >= 11 is 0. The molecule has 0 aromatic heterocycles. The molecule has 3 atom stereocenters. The van der Waals surface area contributed by atoms with Crippen molar-refractivity contribution in [3.05, 3.63) is 0 Å². The standard InChI is InChI=1S/C11H21NO2/c1-7-5-6-8(9(7)12)10(13)14-11(2,3)4/h7-9H,5-6,12H2,1-4H3/t7-,8-,9+/m1/s1. The third-order valence-corrected chi connectivity index (χ3v) is 2.76. The first-order valence-corrected chi connectivity index (χ1v) is 5.29. The van der Waals surface area contributed by atoms with Crippen molar-refractivity contribution in [1.29, 1.82) is 0 Å². The summed E-state index contributed by atoms with van der Waals surface area (Å²) in [5, 5.41) is 0. The van der Waals surface area contributed by atoms with Gasteiger partial charge in [-0.25, -0.2) is 0 Å². The van der Waals surface area contributed by atoms with E-state index in [2.05, 4.69) is 6.92 Å². The van der Waals surface area contributed by atoms with Crippen LogP contribution in [0.4, 0.5) is 0 Å². The number of ether oxygens (including phenoxy) is 1. The number of carbonyl (C=O) groups excluding carboxylic acids is 1. The predicted molar refractivity (Wildman–Crippen MR) is 55.7 cm³/mol. The molecule has 0 heterocycles. The maximum atomic E-state index is 11.7. The summed E-state index contributed by atoms with van der Waals surface area (Å²) in [5.41, 5.74) is 5.54. The van der Waals surface area contributed by atoms with Crippen molar-refractivity contribution in [1.82, 2.24) is 0 Å². The minimum absolute atomic E-state index is 0.0233. The first kappa shape index (κ1) is 11.5. The first-order valence-electron chi connectivity index (χ1n) is 5.29. The molecule has 3 heteroatoms. The van der Waals surface area contributed by atoms with Gasteiger partial charge in [0.2, 0.25) is 0 Å². The highest BCUT2D eigenvalue weighted by molar-refractivity contribution is 5.74. The Hall–Kier alpha value is -0.570. The largest absolute Gasteiger partial charge is 0.460 e. The molecule has 0 saturated heterocycles. The first-order chi connectivity index (χ1) is 6.31. The van der Waals surface area contributed by atoms with Crippen LogP contribution in [-0.2, 0) is 9.53 Å². The normalized spacial score (nSPS) is 33.1. The van der Waals surface area contributed by atoms with E-state index in [0.717, 1.165) is 12.8 Å². The maximum absolute atomic E-state index is 11.7. The molecule has 1 rings (SSSR count). The van der Waals surface area contributed by atoms with Gasteiger partial charge in [-0.05, 0) is 39.5 Å². The van der Waals surface area contributed by atoms with Crippen molar-refractivity contribution < 1.29 is 9.53 Å². The van der Waals surface area contributed by atoms with Gasteiger partial charge in [-0.15, -0.1) is 0 Å². The van der Waals surface area contributed by atoms with Crippen molar-refractivity contribution in [2.24, 2.45) is 17.6 Å². The number of nitrogens with two attached hydrogens (primary N) is 1. The second-order valence-corrected chi connectivity index (χ2v) is 5.27. The third kappa shape index (κ3) is 2.71. The number of carbonyl (C=O) groups is 1. The Labute approximate surface area is 86.0 Å². The number of rotatable bonds is 1. The average Bonchev–Trinajstić information content (AvgIpc) is 2.29. The van der Waals surface area contributed by atoms with E-state index in [4.69, 9.17) is 10.5 Å². The van der Waals surface area contributed by atoms with Crippen LogP contribution in [0.3, 0.4) is 0 Å². The van der Waals surface area contributed by atoms with E-state index < -0.39 is 5.60 Å². The van der Waals surface area contributed by atoms with Gasteiger partial charge in [0.1, 0.15) is 5.60 Å². The van der Waals surface area contributed by atoms with E-state index in [9.17, 15) is 4.79 Å². The van der Waals surface area contributed by atoms with Gasteiger partial charge in [0.25, 0.3) is 0 Å². The van der Waals surface area contributed by atoms with E-state index in [-0.39, 0.29) is 17.9 Å². The Morgan fingerprint density at radius 3 is 2.29 bits per heavy atom. The highest BCUT2D eigenvalue weighted by atomic mass is 16.6. The summed E-state index contributed by atoms with van der Waals surface area (Å²) < 4.78 is 5.32. The molecule has 1 aliphatic rings. The topological polar surface area (TPSA) is 52.3 Å². The molecule has 0 bridgehead atoms. The van der Waals surface area contributed by atoms with Gasteiger partial charge in [0.15, 0.2) is 0 Å². The maximum Gasteiger partial charge on any atom is 0.311 e. The SMILES string of the molecule is C[C@@H]1CC[C@@H](C(=O)OC(C)(C)C)[C@H]1N. The molecule has 1 fully saturated rings. The fourth-order valence-electron chi connectivity index (χ4n) is 1.88. The molecule has 0 aliphatic heterocycles. The third-order valence-electron chi connectivity index (χ3n) is 2.76. The molecule has 0 radical (unpaired) electrons. The molecule has 0 aromatic rings. The van der Waals surface area contributed by atoms with Crippen LogP contribution in [0.2, 0.25) is 0 Å². The number of hydrogen-bond acceptors (Lipinski definition) is 3. The molecule has 0 aromatic carbocycles. The minimum atomic E-state index is -0.400. The van der Waals surface area contributed by atoms with Crippen molar-refractivity contribution in [2.75, 3.05) is 0 Å². The predicted octanol–water partition coefficient (Wildman–Crippen LogP) is 1.70. The highest BCUT2D eigenvalue weighted by Gasteiger charge is 2.37.